The third kappa shape index (κ3) is 2.00. The van der Waals surface area contributed by atoms with Crippen LogP contribution in [0.1, 0.15) is 18.1 Å². The normalized spacial score (nSPS) is 9.08. The number of hydrogen-bond acceptors (Lipinski definition) is 2. The summed E-state index contributed by atoms with van der Waals surface area (Å²) in [4.78, 5) is 0. The molecule has 0 amide bonds. The number of hydrogen-bond donors (Lipinski definition) is 0. The average molecular weight is 161 g/mol. The fraction of sp³-hybridized carbons (Fsp3) is 0.300. The molecule has 1 aromatic rings. The molecule has 0 aliphatic rings. The second kappa shape index (κ2) is 3.77. The van der Waals surface area contributed by atoms with E-state index in [-0.39, 0.29) is 0 Å². The summed E-state index contributed by atoms with van der Waals surface area (Å²) < 4.78 is 5.28. The quantitative estimate of drug-likeness (QED) is 0.666. The lowest BCUT2D eigenvalue weighted by atomic mass is 10.1. The second-order valence-corrected chi connectivity index (χ2v) is 2.58. The fourth-order valence-corrected chi connectivity index (χ4v) is 1.06. The van der Waals surface area contributed by atoms with Crippen molar-refractivity contribution >= 4 is 0 Å². The van der Waals surface area contributed by atoms with Gasteiger partial charge in [-0.3, -0.25) is 0 Å². The van der Waals surface area contributed by atoms with Gasteiger partial charge in [-0.1, -0.05) is 0 Å². The van der Waals surface area contributed by atoms with Crippen LogP contribution in [0.25, 0.3) is 0 Å². The van der Waals surface area contributed by atoms with Gasteiger partial charge in [-0.15, -0.1) is 0 Å². The highest BCUT2D eigenvalue weighted by atomic mass is 16.5. The minimum atomic E-state index is 0.633. The van der Waals surface area contributed by atoms with Crippen molar-refractivity contribution in [3.63, 3.8) is 0 Å². The van der Waals surface area contributed by atoms with E-state index in [1.54, 1.807) is 6.07 Å². The molecule has 0 fully saturated rings. The molecule has 1 aromatic carbocycles. The predicted octanol–water partition coefficient (Wildman–Crippen LogP) is 2.27. The smallest absolute Gasteiger partial charge is 0.120 e. The molecule has 0 aliphatic carbocycles. The summed E-state index contributed by atoms with van der Waals surface area (Å²) in [6, 6.07) is 7.59. The lowest BCUT2D eigenvalue weighted by Crippen LogP contribution is -1.92. The largest absolute Gasteiger partial charge is 0.494 e. The molecule has 62 valence electrons. The number of ether oxygens (including phenoxy) is 1. The first-order chi connectivity index (χ1) is 5.76. The maximum atomic E-state index is 8.65. The van der Waals surface area contributed by atoms with E-state index in [9.17, 15) is 0 Å². The van der Waals surface area contributed by atoms with Gasteiger partial charge in [0.05, 0.1) is 18.2 Å². The molecule has 0 heterocycles. The standard InChI is InChI=1S/C10H11NO/c1-3-12-10-5-8(2)4-9(6-10)7-11/h4-6H,3H2,1-2H3. The van der Waals surface area contributed by atoms with Crippen molar-refractivity contribution < 1.29 is 4.74 Å². The van der Waals surface area contributed by atoms with E-state index in [1.807, 2.05) is 26.0 Å². The van der Waals surface area contributed by atoms with Crippen molar-refractivity contribution in [3.05, 3.63) is 29.3 Å². The van der Waals surface area contributed by atoms with Crippen molar-refractivity contribution in [2.24, 2.45) is 0 Å². The van der Waals surface area contributed by atoms with Gasteiger partial charge in [-0.05, 0) is 37.6 Å². The summed E-state index contributed by atoms with van der Waals surface area (Å²) in [6.07, 6.45) is 0. The second-order valence-electron chi connectivity index (χ2n) is 2.58. The Morgan fingerprint density at radius 3 is 2.75 bits per heavy atom. The van der Waals surface area contributed by atoms with Gasteiger partial charge in [-0.25, -0.2) is 0 Å². The molecule has 0 saturated carbocycles. The van der Waals surface area contributed by atoms with E-state index >= 15 is 0 Å². The Labute approximate surface area is 72.4 Å². The molecule has 0 radical (unpaired) electrons. The molecule has 0 spiro atoms. The molecular formula is C10H11NO. The van der Waals surface area contributed by atoms with Crippen LogP contribution in [0, 0.1) is 18.3 Å². The minimum absolute atomic E-state index is 0.633. The average Bonchev–Trinajstić information content (AvgIpc) is 2.04. The van der Waals surface area contributed by atoms with Gasteiger partial charge < -0.3 is 4.74 Å². The van der Waals surface area contributed by atoms with Crippen LogP contribution in [0.4, 0.5) is 0 Å². The van der Waals surface area contributed by atoms with Gasteiger partial charge in [0.2, 0.25) is 0 Å². The fourth-order valence-electron chi connectivity index (χ4n) is 1.06. The van der Waals surface area contributed by atoms with Gasteiger partial charge >= 0.3 is 0 Å². The van der Waals surface area contributed by atoms with E-state index in [0.29, 0.717) is 12.2 Å². The van der Waals surface area contributed by atoms with Crippen molar-refractivity contribution in [1.29, 1.82) is 5.26 Å². The number of nitrogens with zero attached hydrogens (tertiary/aromatic N) is 1. The molecule has 0 aliphatic heterocycles. The molecule has 2 heteroatoms. The summed E-state index contributed by atoms with van der Waals surface area (Å²) in [5.74, 6) is 0.772. The number of nitriles is 1. The zero-order chi connectivity index (χ0) is 8.97. The predicted molar refractivity (Wildman–Crippen MR) is 47.1 cm³/mol. The highest BCUT2D eigenvalue weighted by molar-refractivity contribution is 5.40. The monoisotopic (exact) mass is 161 g/mol. The third-order valence-corrected chi connectivity index (χ3v) is 1.49. The van der Waals surface area contributed by atoms with E-state index in [4.69, 9.17) is 10.00 Å². The highest BCUT2D eigenvalue weighted by Gasteiger charge is 1.97. The van der Waals surface area contributed by atoms with Crippen molar-refractivity contribution in [2.45, 2.75) is 13.8 Å². The van der Waals surface area contributed by atoms with Gasteiger partial charge in [0, 0.05) is 0 Å². The molecule has 0 N–H and O–H groups in total. The van der Waals surface area contributed by atoms with Crippen molar-refractivity contribution in [3.8, 4) is 11.8 Å². The van der Waals surface area contributed by atoms with Crippen LogP contribution in [0.15, 0.2) is 18.2 Å². The topological polar surface area (TPSA) is 33.0 Å². The Kier molecular flexibility index (Phi) is 2.71. The van der Waals surface area contributed by atoms with Crippen LogP contribution in [0.2, 0.25) is 0 Å². The molecule has 0 unspecified atom stereocenters. The van der Waals surface area contributed by atoms with Crippen LogP contribution in [0.3, 0.4) is 0 Å². The Balaban J connectivity index is 3.00. The van der Waals surface area contributed by atoms with Crippen molar-refractivity contribution in [1.82, 2.24) is 0 Å². The first-order valence-corrected chi connectivity index (χ1v) is 3.91. The summed E-state index contributed by atoms with van der Waals surface area (Å²) >= 11 is 0. The SMILES string of the molecule is CCOc1cc(C)cc(C#N)c1. The molecule has 0 aromatic heterocycles. The van der Waals surface area contributed by atoms with Gasteiger partial charge in [0.25, 0.3) is 0 Å². The molecule has 12 heavy (non-hydrogen) atoms. The Morgan fingerprint density at radius 1 is 1.42 bits per heavy atom. The lowest BCUT2D eigenvalue weighted by Gasteiger charge is -2.03. The lowest BCUT2D eigenvalue weighted by molar-refractivity contribution is 0.340. The molecule has 0 atom stereocenters. The van der Waals surface area contributed by atoms with Crippen LogP contribution in [-0.4, -0.2) is 6.61 Å². The van der Waals surface area contributed by atoms with Gasteiger partial charge in [-0.2, -0.15) is 5.26 Å². The zero-order valence-corrected chi connectivity index (χ0v) is 7.29. The Bertz CT molecular complexity index is 312. The molecule has 0 bridgehead atoms. The number of aryl methyl sites for hydroxylation is 1. The maximum absolute atomic E-state index is 8.65. The zero-order valence-electron chi connectivity index (χ0n) is 7.29. The van der Waals surface area contributed by atoms with Gasteiger partial charge in [0.15, 0.2) is 0 Å². The molecular weight excluding hydrogens is 150 g/mol. The molecule has 1 rings (SSSR count). The van der Waals surface area contributed by atoms with E-state index in [1.165, 1.54) is 0 Å². The Morgan fingerprint density at radius 2 is 2.17 bits per heavy atom. The van der Waals surface area contributed by atoms with Crippen LogP contribution in [0.5, 0.6) is 5.75 Å². The van der Waals surface area contributed by atoms with E-state index in [0.717, 1.165) is 11.3 Å². The maximum Gasteiger partial charge on any atom is 0.120 e. The van der Waals surface area contributed by atoms with Crippen LogP contribution in [-0.2, 0) is 0 Å². The first-order valence-electron chi connectivity index (χ1n) is 3.91. The van der Waals surface area contributed by atoms with E-state index < -0.39 is 0 Å². The first kappa shape index (κ1) is 8.61. The Hall–Kier alpha value is -1.49. The summed E-state index contributed by atoms with van der Waals surface area (Å²) in [5.41, 5.74) is 1.70. The minimum Gasteiger partial charge on any atom is -0.494 e. The van der Waals surface area contributed by atoms with Crippen LogP contribution >= 0.6 is 0 Å². The third-order valence-electron chi connectivity index (χ3n) is 1.49. The summed E-state index contributed by atoms with van der Waals surface area (Å²) in [6.45, 7) is 4.51. The van der Waals surface area contributed by atoms with Crippen molar-refractivity contribution in [2.75, 3.05) is 6.61 Å². The number of benzene rings is 1. The molecule has 0 saturated heterocycles. The van der Waals surface area contributed by atoms with Gasteiger partial charge in [0.1, 0.15) is 5.75 Å². The summed E-state index contributed by atoms with van der Waals surface area (Å²) in [5, 5.41) is 8.65. The summed E-state index contributed by atoms with van der Waals surface area (Å²) in [7, 11) is 0. The molecule has 2 nitrogen and oxygen atoms in total. The van der Waals surface area contributed by atoms with Crippen LogP contribution < -0.4 is 4.74 Å². The number of rotatable bonds is 2. The highest BCUT2D eigenvalue weighted by Crippen LogP contribution is 2.15. The van der Waals surface area contributed by atoms with E-state index in [2.05, 4.69) is 6.07 Å².